The third-order valence-electron chi connectivity index (χ3n) is 8.75. The van der Waals surface area contributed by atoms with Crippen LogP contribution in [0.3, 0.4) is 0 Å². The molecule has 4 rings (SSSR count). The summed E-state index contributed by atoms with van der Waals surface area (Å²) in [5.41, 5.74) is -3.70. The number of benzene rings is 2. The molecule has 2 N–H and O–H groups in total. The number of halogens is 7. The van der Waals surface area contributed by atoms with Crippen LogP contribution in [0.4, 0.5) is 36.4 Å². The molecule has 1 saturated heterocycles. The summed E-state index contributed by atoms with van der Waals surface area (Å²) in [7, 11) is 0. The SMILES string of the molecule is CCOC(=O)CNC1CCN(Cc2sc(-c3ccc(F)cc3C)c(NCC(=O)C(C)(C)c3cc(C(F)(F)F)cc(C(F)(F)F)c3)c2C#N)CC1. The highest BCUT2D eigenvalue weighted by atomic mass is 32.1. The Hall–Kier alpha value is -4.00. The van der Waals surface area contributed by atoms with Gasteiger partial charge in [-0.05, 0) is 87.6 Å². The molecule has 15 heteroatoms. The van der Waals surface area contributed by atoms with E-state index in [1.807, 2.05) is 0 Å². The second-order valence-electron chi connectivity index (χ2n) is 12.6. The largest absolute Gasteiger partial charge is 0.465 e. The lowest BCUT2D eigenvalue weighted by molar-refractivity contribution is -0.144. The number of alkyl halides is 6. The van der Waals surface area contributed by atoms with Gasteiger partial charge < -0.3 is 15.4 Å². The lowest BCUT2D eigenvalue weighted by atomic mass is 9.79. The van der Waals surface area contributed by atoms with E-state index in [0.717, 1.165) is 12.8 Å². The van der Waals surface area contributed by atoms with Gasteiger partial charge in [-0.2, -0.15) is 31.6 Å². The topological polar surface area (TPSA) is 94.5 Å². The predicted molar refractivity (Wildman–Crippen MR) is 175 cm³/mol. The van der Waals surface area contributed by atoms with Crippen LogP contribution >= 0.6 is 11.3 Å². The normalized spacial score (nSPS) is 14.8. The Morgan fingerprint density at radius 3 is 2.12 bits per heavy atom. The average Bonchev–Trinajstić information content (AvgIpc) is 3.38. The third kappa shape index (κ3) is 9.21. The molecule has 3 aromatic rings. The Morgan fingerprint density at radius 2 is 1.58 bits per heavy atom. The number of thiophene rings is 1. The van der Waals surface area contributed by atoms with Gasteiger partial charge in [-0.1, -0.05) is 6.07 Å². The van der Waals surface area contributed by atoms with E-state index in [1.165, 1.54) is 37.3 Å². The predicted octanol–water partition coefficient (Wildman–Crippen LogP) is 7.85. The van der Waals surface area contributed by atoms with Crippen molar-refractivity contribution in [1.82, 2.24) is 10.2 Å². The van der Waals surface area contributed by atoms with Crippen molar-refractivity contribution in [3.05, 3.63) is 74.9 Å². The van der Waals surface area contributed by atoms with Crippen LogP contribution in [0.15, 0.2) is 36.4 Å². The molecular weight excluding hydrogens is 689 g/mol. The molecule has 1 aromatic heterocycles. The van der Waals surface area contributed by atoms with Gasteiger partial charge in [0.15, 0.2) is 5.78 Å². The number of nitrogens with zero attached hydrogens (tertiary/aromatic N) is 2. The molecule has 1 aliphatic heterocycles. The van der Waals surface area contributed by atoms with Crippen molar-refractivity contribution in [3.8, 4) is 16.5 Å². The van der Waals surface area contributed by atoms with E-state index in [0.29, 0.717) is 59.3 Å². The van der Waals surface area contributed by atoms with E-state index in [9.17, 15) is 45.6 Å². The van der Waals surface area contributed by atoms with Crippen molar-refractivity contribution < 1.29 is 45.1 Å². The second kappa shape index (κ2) is 15.5. The molecule has 0 saturated carbocycles. The van der Waals surface area contributed by atoms with Crippen molar-refractivity contribution in [2.45, 2.75) is 70.9 Å². The molecule has 1 aliphatic rings. The van der Waals surface area contributed by atoms with Crippen LogP contribution < -0.4 is 10.6 Å². The highest BCUT2D eigenvalue weighted by molar-refractivity contribution is 7.16. The zero-order valence-electron chi connectivity index (χ0n) is 27.9. The maximum absolute atomic E-state index is 14.1. The number of nitriles is 1. The molecule has 0 spiro atoms. The van der Waals surface area contributed by atoms with Crippen molar-refractivity contribution in [2.75, 3.05) is 38.1 Å². The average molecular weight is 727 g/mol. The maximum Gasteiger partial charge on any atom is 0.416 e. The number of hydrogen-bond acceptors (Lipinski definition) is 8. The Kier molecular flexibility index (Phi) is 12.0. The van der Waals surface area contributed by atoms with Crippen molar-refractivity contribution in [3.63, 3.8) is 0 Å². The maximum atomic E-state index is 14.1. The number of carbonyl (C=O) groups excluding carboxylic acids is 2. The highest BCUT2D eigenvalue weighted by Gasteiger charge is 2.40. The smallest absolute Gasteiger partial charge is 0.416 e. The molecule has 0 aliphatic carbocycles. The Morgan fingerprint density at radius 1 is 0.980 bits per heavy atom. The van der Waals surface area contributed by atoms with Gasteiger partial charge in [0.1, 0.15) is 11.9 Å². The first-order valence-electron chi connectivity index (χ1n) is 15.9. The molecule has 0 bridgehead atoms. The number of nitrogens with one attached hydrogen (secondary N) is 2. The van der Waals surface area contributed by atoms with E-state index in [-0.39, 0.29) is 35.9 Å². The number of carbonyl (C=O) groups is 2. The zero-order chi connectivity index (χ0) is 37.0. The summed E-state index contributed by atoms with van der Waals surface area (Å²) in [6.45, 7) is 7.45. The number of Topliss-reactive ketones (excluding diaryl/α,β-unsaturated/α-hetero) is 1. The van der Waals surface area contributed by atoms with E-state index in [1.54, 1.807) is 19.9 Å². The van der Waals surface area contributed by atoms with Gasteiger partial charge in [0.25, 0.3) is 0 Å². The number of piperidine rings is 1. The number of hydrogen-bond donors (Lipinski definition) is 2. The van der Waals surface area contributed by atoms with Gasteiger partial charge in [-0.25, -0.2) is 4.39 Å². The minimum Gasteiger partial charge on any atom is -0.465 e. The minimum atomic E-state index is -5.08. The summed E-state index contributed by atoms with van der Waals surface area (Å²) in [4.78, 5) is 28.7. The van der Waals surface area contributed by atoms with Gasteiger partial charge in [0.05, 0.1) is 52.4 Å². The minimum absolute atomic E-state index is 0.00813. The van der Waals surface area contributed by atoms with Crippen molar-refractivity contribution >= 4 is 28.8 Å². The lowest BCUT2D eigenvalue weighted by Gasteiger charge is -2.32. The fourth-order valence-corrected chi connectivity index (χ4v) is 7.11. The molecule has 0 atom stereocenters. The number of rotatable bonds is 12. The molecule has 270 valence electrons. The van der Waals surface area contributed by atoms with Gasteiger partial charge in [-0.3, -0.25) is 14.5 Å². The molecular formula is C35H37F7N4O3S. The first-order chi connectivity index (χ1) is 23.3. The van der Waals surface area contributed by atoms with Crippen LogP contribution in [-0.4, -0.2) is 55.5 Å². The molecule has 0 radical (unpaired) electrons. The first kappa shape index (κ1) is 38.8. The summed E-state index contributed by atoms with van der Waals surface area (Å²) in [6.07, 6.45) is -8.70. The van der Waals surface area contributed by atoms with Crippen LogP contribution in [0.1, 0.15) is 66.3 Å². The van der Waals surface area contributed by atoms with Crippen molar-refractivity contribution in [1.29, 1.82) is 5.26 Å². The standard InChI is InChI=1S/C35H37F7N4O3S/c1-5-49-30(48)18-44-25-8-10-46(11-9-25)19-28-27(16-43)31(32(50-28)26-7-6-24(36)12-20(26)2)45-17-29(47)33(3,4)21-13-22(34(37,38)39)15-23(14-21)35(40,41)42/h6-7,12-15,25,44-45H,5,8-11,17-19H2,1-4H3. The van der Waals surface area contributed by atoms with Crippen LogP contribution in [0.2, 0.25) is 0 Å². The van der Waals surface area contributed by atoms with Gasteiger partial charge in [0.2, 0.25) is 0 Å². The number of likely N-dealkylation sites (tertiary alicyclic amines) is 1. The van der Waals surface area contributed by atoms with Gasteiger partial charge >= 0.3 is 18.3 Å². The van der Waals surface area contributed by atoms with Crippen LogP contribution in [-0.2, 0) is 38.6 Å². The fourth-order valence-electron chi connectivity index (χ4n) is 5.75. The Balaban J connectivity index is 1.61. The van der Waals surface area contributed by atoms with Crippen LogP contribution in [0, 0.1) is 24.1 Å². The molecule has 50 heavy (non-hydrogen) atoms. The molecule has 7 nitrogen and oxygen atoms in total. The summed E-state index contributed by atoms with van der Waals surface area (Å²) in [5.74, 6) is -1.53. The summed E-state index contributed by atoms with van der Waals surface area (Å²) < 4.78 is 100. The zero-order valence-corrected chi connectivity index (χ0v) is 28.7. The molecule has 2 aromatic carbocycles. The number of esters is 1. The molecule has 1 fully saturated rings. The van der Waals surface area contributed by atoms with Gasteiger partial charge in [0, 0.05) is 30.6 Å². The third-order valence-corrected chi connectivity index (χ3v) is 9.96. The molecule has 0 amide bonds. The fraction of sp³-hybridized carbons (Fsp3) is 0.457. The number of anilines is 1. The highest BCUT2D eigenvalue weighted by Crippen LogP contribution is 2.44. The number of aryl methyl sites for hydroxylation is 1. The summed E-state index contributed by atoms with van der Waals surface area (Å²) in [6, 6.07) is 7.50. The van der Waals surface area contributed by atoms with Crippen LogP contribution in [0.5, 0.6) is 0 Å². The van der Waals surface area contributed by atoms with Crippen molar-refractivity contribution in [2.24, 2.45) is 0 Å². The molecule has 2 heterocycles. The Bertz CT molecular complexity index is 1720. The molecule has 0 unspecified atom stereocenters. The summed E-state index contributed by atoms with van der Waals surface area (Å²) >= 11 is 1.28. The summed E-state index contributed by atoms with van der Waals surface area (Å²) in [5, 5.41) is 16.5. The van der Waals surface area contributed by atoms with Gasteiger partial charge in [-0.15, -0.1) is 11.3 Å². The quantitative estimate of drug-likeness (QED) is 0.145. The van der Waals surface area contributed by atoms with E-state index in [2.05, 4.69) is 21.6 Å². The van der Waals surface area contributed by atoms with Crippen LogP contribution in [0.25, 0.3) is 10.4 Å². The lowest BCUT2D eigenvalue weighted by Crippen LogP contribution is -2.43. The van der Waals surface area contributed by atoms with E-state index < -0.39 is 52.6 Å². The Labute approximate surface area is 289 Å². The first-order valence-corrected chi connectivity index (χ1v) is 16.7. The monoisotopic (exact) mass is 726 g/mol. The number of ether oxygens (including phenoxy) is 1. The van der Waals surface area contributed by atoms with E-state index in [4.69, 9.17) is 4.74 Å². The number of ketones is 1. The van der Waals surface area contributed by atoms with E-state index >= 15 is 0 Å². The second-order valence-corrected chi connectivity index (χ2v) is 13.7.